The molecule has 0 radical (unpaired) electrons. The van der Waals surface area contributed by atoms with Gasteiger partial charge < -0.3 is 20.9 Å². The van der Waals surface area contributed by atoms with Crippen LogP contribution in [-0.4, -0.2) is 25.4 Å². The molecule has 1 aromatic rings. The van der Waals surface area contributed by atoms with E-state index in [9.17, 15) is 0 Å². The van der Waals surface area contributed by atoms with Crippen molar-refractivity contribution in [1.82, 2.24) is 0 Å². The van der Waals surface area contributed by atoms with Gasteiger partial charge in [-0.1, -0.05) is 0 Å². The van der Waals surface area contributed by atoms with Crippen LogP contribution in [0.25, 0.3) is 0 Å². The van der Waals surface area contributed by atoms with Gasteiger partial charge in [0, 0.05) is 10.7 Å². The minimum Gasteiger partial charge on any atom is -0.486 e. The van der Waals surface area contributed by atoms with Crippen LogP contribution in [0, 0.1) is 0 Å². The van der Waals surface area contributed by atoms with E-state index in [2.05, 4.69) is 10.2 Å². The Hall–Kier alpha value is -2.24. The number of hydrogen-bond donors (Lipinski definition) is 3. The zero-order valence-corrected chi connectivity index (χ0v) is 8.64. The molecule has 0 atom stereocenters. The molecule has 0 saturated carbocycles. The molecule has 0 saturated heterocycles. The smallest absolute Gasteiger partial charge is 0.256 e. The summed E-state index contributed by atoms with van der Waals surface area (Å²) in [6.45, 7) is 1.15. The van der Waals surface area contributed by atoms with Gasteiger partial charge in [0.25, 0.3) is 5.96 Å². The first-order valence-corrected chi connectivity index (χ1v) is 4.83. The van der Waals surface area contributed by atoms with Gasteiger partial charge in [-0.25, -0.2) is 0 Å². The van der Waals surface area contributed by atoms with Crippen LogP contribution in [0.4, 0.5) is 0 Å². The minimum atomic E-state index is -0.0196. The monoisotopic (exact) mass is 221 g/mol. The van der Waals surface area contributed by atoms with Crippen molar-refractivity contribution < 1.29 is 14.6 Å². The summed E-state index contributed by atoms with van der Waals surface area (Å²) < 4.78 is 10.8. The Labute approximate surface area is 92.6 Å². The van der Waals surface area contributed by atoms with Crippen LogP contribution in [0.2, 0.25) is 0 Å². The summed E-state index contributed by atoms with van der Waals surface area (Å²) in [5, 5.41) is 6.25. The number of hydrogen-bond acceptors (Lipinski definition) is 3. The molecule has 0 aliphatic carbocycles. The van der Waals surface area contributed by atoms with Gasteiger partial charge in [-0.3, -0.25) is 0 Å². The molecule has 0 fully saturated rings. The predicted molar refractivity (Wildman–Crippen MR) is 59.4 cm³/mol. The SMILES string of the molecule is NC(N)=N/[NH+]=C\c1ccc2c(c1)OCCO2. The van der Waals surface area contributed by atoms with Gasteiger partial charge in [0.1, 0.15) is 13.2 Å². The van der Waals surface area contributed by atoms with E-state index in [1.165, 1.54) is 0 Å². The fourth-order valence-electron chi connectivity index (χ4n) is 1.33. The van der Waals surface area contributed by atoms with E-state index in [1.807, 2.05) is 18.2 Å². The molecule has 6 heteroatoms. The third-order valence-corrected chi connectivity index (χ3v) is 1.99. The molecule has 1 heterocycles. The standard InChI is InChI=1S/C10H12N4O2/c11-10(12)14-13-6-7-1-2-8-9(5-7)16-4-3-15-8/h1-2,5-6H,3-4H2,(H4,11,12,14)/p+1/b13-6-. The molecular weight excluding hydrogens is 208 g/mol. The topological polar surface area (TPSA) is 96.8 Å². The molecule has 6 nitrogen and oxygen atoms in total. The normalized spacial score (nSPS) is 13.8. The molecule has 0 amide bonds. The summed E-state index contributed by atoms with van der Waals surface area (Å²) in [5.74, 6) is 1.46. The van der Waals surface area contributed by atoms with Crippen LogP contribution in [-0.2, 0) is 0 Å². The van der Waals surface area contributed by atoms with E-state index >= 15 is 0 Å². The average molecular weight is 221 g/mol. The Morgan fingerprint density at radius 2 is 2.00 bits per heavy atom. The van der Waals surface area contributed by atoms with Crippen molar-refractivity contribution in [3.8, 4) is 11.5 Å². The van der Waals surface area contributed by atoms with Crippen molar-refractivity contribution in [1.29, 1.82) is 0 Å². The number of fused-ring (bicyclic) bond motifs is 1. The lowest BCUT2D eigenvalue weighted by molar-refractivity contribution is -0.456. The van der Waals surface area contributed by atoms with E-state index in [0.29, 0.717) is 13.2 Å². The van der Waals surface area contributed by atoms with Crippen molar-refractivity contribution in [2.24, 2.45) is 16.6 Å². The lowest BCUT2D eigenvalue weighted by Crippen LogP contribution is -2.63. The van der Waals surface area contributed by atoms with Gasteiger partial charge in [0.2, 0.25) is 6.21 Å². The van der Waals surface area contributed by atoms with E-state index in [0.717, 1.165) is 17.1 Å². The van der Waals surface area contributed by atoms with Gasteiger partial charge in [0.15, 0.2) is 11.5 Å². The summed E-state index contributed by atoms with van der Waals surface area (Å²) in [5.41, 5.74) is 11.2. The lowest BCUT2D eigenvalue weighted by atomic mass is 10.2. The second-order valence-corrected chi connectivity index (χ2v) is 3.21. The van der Waals surface area contributed by atoms with Crippen LogP contribution in [0.3, 0.4) is 0 Å². The molecule has 1 aliphatic heterocycles. The highest BCUT2D eigenvalue weighted by molar-refractivity contribution is 5.78. The van der Waals surface area contributed by atoms with Crippen LogP contribution < -0.4 is 26.0 Å². The molecule has 1 aliphatic rings. The molecule has 5 N–H and O–H groups in total. The van der Waals surface area contributed by atoms with Crippen LogP contribution in [0.5, 0.6) is 11.5 Å². The van der Waals surface area contributed by atoms with E-state index in [4.69, 9.17) is 20.9 Å². The summed E-state index contributed by atoms with van der Waals surface area (Å²) in [6.07, 6.45) is 1.66. The third-order valence-electron chi connectivity index (χ3n) is 1.99. The first-order valence-electron chi connectivity index (χ1n) is 4.83. The quantitative estimate of drug-likeness (QED) is 0.310. The molecule has 84 valence electrons. The van der Waals surface area contributed by atoms with Crippen LogP contribution in [0.15, 0.2) is 23.3 Å². The highest BCUT2D eigenvalue weighted by Crippen LogP contribution is 2.29. The molecule has 0 aromatic heterocycles. The number of hydrazone groups is 1. The zero-order chi connectivity index (χ0) is 11.4. The Balaban J connectivity index is 2.17. The number of nitrogens with zero attached hydrogens (tertiary/aromatic N) is 1. The van der Waals surface area contributed by atoms with Gasteiger partial charge >= 0.3 is 0 Å². The first kappa shape index (κ1) is 10.3. The Bertz CT molecular complexity index is 438. The fraction of sp³-hybridized carbons (Fsp3) is 0.200. The number of rotatable bonds is 2. The number of guanidine groups is 1. The average Bonchev–Trinajstić information content (AvgIpc) is 2.28. The molecule has 0 spiro atoms. The minimum absolute atomic E-state index is 0.0196. The third kappa shape index (κ3) is 2.41. The summed E-state index contributed by atoms with van der Waals surface area (Å²) in [4.78, 5) is 0. The summed E-state index contributed by atoms with van der Waals surface area (Å²) in [6, 6.07) is 5.57. The number of nitrogens with two attached hydrogens (primary N) is 2. The predicted octanol–water partition coefficient (Wildman–Crippen LogP) is -1.85. The fourth-order valence-corrected chi connectivity index (χ4v) is 1.33. The van der Waals surface area contributed by atoms with Crippen molar-refractivity contribution >= 4 is 12.2 Å². The Kier molecular flexibility index (Phi) is 2.90. The molecule has 0 unspecified atom stereocenters. The molecule has 2 rings (SSSR count). The summed E-state index contributed by atoms with van der Waals surface area (Å²) in [7, 11) is 0. The van der Waals surface area contributed by atoms with Crippen LogP contribution in [0.1, 0.15) is 5.56 Å². The number of ether oxygens (including phenoxy) is 2. The highest BCUT2D eigenvalue weighted by atomic mass is 16.6. The lowest BCUT2D eigenvalue weighted by Gasteiger charge is -2.17. The second kappa shape index (κ2) is 4.52. The van der Waals surface area contributed by atoms with E-state index in [-0.39, 0.29) is 5.96 Å². The van der Waals surface area contributed by atoms with Crippen molar-refractivity contribution in [3.63, 3.8) is 0 Å². The maximum atomic E-state index is 5.43. The maximum Gasteiger partial charge on any atom is 0.256 e. The zero-order valence-electron chi connectivity index (χ0n) is 8.64. The van der Waals surface area contributed by atoms with Gasteiger partial charge in [-0.2, -0.15) is 0 Å². The molecule has 0 bridgehead atoms. The van der Waals surface area contributed by atoms with Gasteiger partial charge in [-0.05, 0) is 18.2 Å². The first-order chi connectivity index (χ1) is 7.75. The van der Waals surface area contributed by atoms with Gasteiger partial charge in [-0.15, -0.1) is 5.10 Å². The van der Waals surface area contributed by atoms with Crippen molar-refractivity contribution in [3.05, 3.63) is 23.8 Å². The second-order valence-electron chi connectivity index (χ2n) is 3.21. The van der Waals surface area contributed by atoms with E-state index in [1.54, 1.807) is 6.21 Å². The summed E-state index contributed by atoms with van der Waals surface area (Å²) >= 11 is 0. The number of benzene rings is 1. The molecule has 1 aromatic carbocycles. The molecular formula is C10H13N4O2+. The Morgan fingerprint density at radius 1 is 1.25 bits per heavy atom. The van der Waals surface area contributed by atoms with Crippen molar-refractivity contribution in [2.75, 3.05) is 13.2 Å². The van der Waals surface area contributed by atoms with Gasteiger partial charge in [0.05, 0.1) is 0 Å². The Morgan fingerprint density at radius 3 is 2.75 bits per heavy atom. The van der Waals surface area contributed by atoms with Crippen LogP contribution >= 0.6 is 0 Å². The number of nitrogens with one attached hydrogen (secondary N) is 1. The largest absolute Gasteiger partial charge is 0.486 e. The van der Waals surface area contributed by atoms with Crippen molar-refractivity contribution in [2.45, 2.75) is 0 Å². The van der Waals surface area contributed by atoms with E-state index < -0.39 is 0 Å². The highest BCUT2D eigenvalue weighted by Gasteiger charge is 2.11. The maximum absolute atomic E-state index is 5.43. The molecule has 16 heavy (non-hydrogen) atoms.